The van der Waals surface area contributed by atoms with Crippen molar-refractivity contribution in [3.05, 3.63) is 99.7 Å². The molecule has 0 fully saturated rings. The summed E-state index contributed by atoms with van der Waals surface area (Å²) in [6, 6.07) is 15.4. The fourth-order valence-corrected chi connectivity index (χ4v) is 6.95. The summed E-state index contributed by atoms with van der Waals surface area (Å²) in [6.45, 7) is 0.291. The van der Waals surface area contributed by atoms with Gasteiger partial charge in [-0.2, -0.15) is 13.2 Å². The second kappa shape index (κ2) is 9.54. The number of hydrogen-bond acceptors (Lipinski definition) is 3. The van der Waals surface area contributed by atoms with Gasteiger partial charge in [0.05, 0.1) is 36.6 Å². The van der Waals surface area contributed by atoms with E-state index in [1.54, 1.807) is 23.3 Å². The van der Waals surface area contributed by atoms with Crippen LogP contribution < -0.4 is 10.1 Å². The molecule has 1 aliphatic carbocycles. The van der Waals surface area contributed by atoms with Gasteiger partial charge in [-0.25, -0.2) is 4.79 Å². The number of carbonyl (C=O) groups is 1. The first kappa shape index (κ1) is 24.6. The Morgan fingerprint density at radius 2 is 1.76 bits per heavy atom. The predicted molar refractivity (Wildman–Crippen MR) is 141 cm³/mol. The fraction of sp³-hybridized carbons (Fsp3) is 0.276. The zero-order chi connectivity index (χ0) is 26.4. The number of ether oxygens (including phenoxy) is 1. The zero-order valence-electron chi connectivity index (χ0n) is 20.7. The molecule has 0 saturated heterocycles. The van der Waals surface area contributed by atoms with Crippen molar-refractivity contribution in [3.63, 3.8) is 0 Å². The summed E-state index contributed by atoms with van der Waals surface area (Å²) in [5, 5.41) is 3.68. The second-order valence-corrected chi connectivity index (χ2v) is 10.7. The molecule has 4 aromatic rings. The first-order valence-corrected chi connectivity index (χ1v) is 13.4. The standard InChI is InChI=1S/C29H26F3N3O2S/c1-37-19-14-12-18(13-15-19)26-24-10-6-16-34(24)27-21(20-7-2-5-11-25(20)38-27)17-35(26)28(36)33-23-9-4-3-8-22(23)29(30,31)32/h3-4,6,8-10,12-16,26H,2,5,7,11,17H2,1H3,(H,33,36). The van der Waals surface area contributed by atoms with Crippen LogP contribution in [0.5, 0.6) is 5.75 Å². The fourth-order valence-electron chi connectivity index (χ4n) is 5.55. The number of amides is 2. The molecule has 1 aliphatic heterocycles. The number of urea groups is 1. The number of halogens is 3. The van der Waals surface area contributed by atoms with Gasteiger partial charge in [-0.15, -0.1) is 11.3 Å². The smallest absolute Gasteiger partial charge is 0.418 e. The molecule has 2 amide bonds. The van der Waals surface area contributed by atoms with Gasteiger partial charge in [-0.1, -0.05) is 24.3 Å². The number of para-hydroxylation sites is 1. The molecule has 2 aliphatic rings. The highest BCUT2D eigenvalue weighted by Gasteiger charge is 2.38. The molecular weight excluding hydrogens is 511 g/mol. The molecule has 1 N–H and O–H groups in total. The van der Waals surface area contributed by atoms with E-state index in [2.05, 4.69) is 9.88 Å². The number of nitrogens with one attached hydrogen (secondary N) is 1. The van der Waals surface area contributed by atoms with Gasteiger partial charge in [0, 0.05) is 16.6 Å². The molecule has 0 radical (unpaired) electrons. The molecule has 6 rings (SSSR count). The van der Waals surface area contributed by atoms with Crippen molar-refractivity contribution in [3.8, 4) is 10.8 Å². The Morgan fingerprint density at radius 1 is 1.00 bits per heavy atom. The van der Waals surface area contributed by atoms with Crippen LogP contribution in [-0.4, -0.2) is 22.6 Å². The molecule has 9 heteroatoms. The average molecular weight is 538 g/mol. The normalized spacial score (nSPS) is 16.7. The van der Waals surface area contributed by atoms with E-state index in [-0.39, 0.29) is 5.69 Å². The SMILES string of the molecule is COc1ccc(C2c3cccn3-c3sc4c(c3CN2C(=O)Nc2ccccc2C(F)(F)F)CCCC4)cc1. The van der Waals surface area contributed by atoms with E-state index in [0.717, 1.165) is 53.6 Å². The number of carbonyl (C=O) groups excluding carboxylic acids is 1. The van der Waals surface area contributed by atoms with Gasteiger partial charge in [-0.3, -0.25) is 0 Å². The summed E-state index contributed by atoms with van der Waals surface area (Å²) in [5.41, 5.74) is 2.95. The lowest BCUT2D eigenvalue weighted by atomic mass is 9.95. The first-order chi connectivity index (χ1) is 18.3. The number of alkyl halides is 3. The largest absolute Gasteiger partial charge is 0.497 e. The number of benzene rings is 2. The minimum atomic E-state index is -4.59. The summed E-state index contributed by atoms with van der Waals surface area (Å²) in [7, 11) is 1.59. The number of fused-ring (bicyclic) bond motifs is 5. The van der Waals surface area contributed by atoms with Crippen LogP contribution in [0.2, 0.25) is 0 Å². The van der Waals surface area contributed by atoms with Crippen LogP contribution >= 0.6 is 11.3 Å². The second-order valence-electron chi connectivity index (χ2n) is 9.57. The van der Waals surface area contributed by atoms with Crippen molar-refractivity contribution in [1.82, 2.24) is 9.47 Å². The molecule has 0 spiro atoms. The van der Waals surface area contributed by atoms with E-state index in [1.807, 2.05) is 42.6 Å². The van der Waals surface area contributed by atoms with Crippen LogP contribution in [0, 0.1) is 0 Å². The topological polar surface area (TPSA) is 46.5 Å². The summed E-state index contributed by atoms with van der Waals surface area (Å²) in [4.78, 5) is 17.0. The quantitative estimate of drug-likeness (QED) is 0.293. The van der Waals surface area contributed by atoms with E-state index in [0.29, 0.717) is 12.3 Å². The molecule has 0 saturated carbocycles. The third kappa shape index (κ3) is 4.24. The zero-order valence-corrected chi connectivity index (χ0v) is 21.5. The van der Waals surface area contributed by atoms with Crippen molar-refractivity contribution >= 4 is 23.1 Å². The van der Waals surface area contributed by atoms with E-state index >= 15 is 0 Å². The number of aryl methyl sites for hydroxylation is 1. The predicted octanol–water partition coefficient (Wildman–Crippen LogP) is 7.58. The van der Waals surface area contributed by atoms with Gasteiger partial charge < -0.3 is 19.5 Å². The highest BCUT2D eigenvalue weighted by atomic mass is 32.1. The summed E-state index contributed by atoms with van der Waals surface area (Å²) < 4.78 is 48.7. The Balaban J connectivity index is 1.48. The summed E-state index contributed by atoms with van der Waals surface area (Å²) in [6.07, 6.45) is 1.59. The van der Waals surface area contributed by atoms with Crippen LogP contribution in [0.4, 0.5) is 23.7 Å². The molecule has 5 nitrogen and oxygen atoms in total. The number of aromatic nitrogens is 1. The Labute approximate surface area is 222 Å². The monoisotopic (exact) mass is 537 g/mol. The molecule has 1 atom stereocenters. The third-order valence-electron chi connectivity index (χ3n) is 7.35. The minimum Gasteiger partial charge on any atom is -0.497 e. The number of anilines is 1. The van der Waals surface area contributed by atoms with E-state index in [1.165, 1.54) is 28.6 Å². The maximum Gasteiger partial charge on any atom is 0.418 e. The first-order valence-electron chi connectivity index (χ1n) is 12.5. The number of nitrogens with zero attached hydrogens (tertiary/aromatic N) is 2. The molecule has 0 bridgehead atoms. The molecule has 2 aromatic carbocycles. The Morgan fingerprint density at radius 3 is 2.53 bits per heavy atom. The van der Waals surface area contributed by atoms with Crippen LogP contribution in [0.1, 0.15) is 51.7 Å². The minimum absolute atomic E-state index is 0.259. The maximum absolute atomic E-state index is 14.0. The van der Waals surface area contributed by atoms with Crippen molar-refractivity contribution in [2.24, 2.45) is 0 Å². The van der Waals surface area contributed by atoms with E-state index in [9.17, 15) is 18.0 Å². The van der Waals surface area contributed by atoms with Crippen LogP contribution in [0.15, 0.2) is 66.9 Å². The lowest BCUT2D eigenvalue weighted by molar-refractivity contribution is -0.136. The number of rotatable bonds is 3. The maximum atomic E-state index is 14.0. The highest BCUT2D eigenvalue weighted by molar-refractivity contribution is 7.15. The Hall–Kier alpha value is -3.72. The molecule has 3 heterocycles. The molecule has 38 heavy (non-hydrogen) atoms. The van der Waals surface area contributed by atoms with Gasteiger partial charge in [0.1, 0.15) is 10.8 Å². The van der Waals surface area contributed by atoms with Crippen molar-refractivity contribution in [2.45, 2.75) is 44.4 Å². The van der Waals surface area contributed by atoms with Crippen molar-refractivity contribution < 1.29 is 22.7 Å². The summed E-state index contributed by atoms with van der Waals surface area (Å²) >= 11 is 1.76. The lowest BCUT2D eigenvalue weighted by Crippen LogP contribution is -2.38. The van der Waals surface area contributed by atoms with Crippen LogP contribution in [-0.2, 0) is 25.6 Å². The number of hydrogen-bond donors (Lipinski definition) is 1. The molecule has 1 unspecified atom stereocenters. The van der Waals surface area contributed by atoms with Crippen molar-refractivity contribution in [2.75, 3.05) is 12.4 Å². The van der Waals surface area contributed by atoms with Gasteiger partial charge in [0.25, 0.3) is 0 Å². The van der Waals surface area contributed by atoms with Gasteiger partial charge >= 0.3 is 12.2 Å². The molecule has 196 valence electrons. The number of thiophene rings is 1. The van der Waals surface area contributed by atoms with Gasteiger partial charge in [0.15, 0.2) is 0 Å². The Bertz CT molecular complexity index is 1490. The number of methoxy groups -OCH3 is 1. The molecule has 2 aromatic heterocycles. The van der Waals surface area contributed by atoms with E-state index in [4.69, 9.17) is 4.74 Å². The lowest BCUT2D eigenvalue weighted by Gasteiger charge is -2.32. The third-order valence-corrected chi connectivity index (χ3v) is 8.68. The molecular formula is C29H26F3N3O2S. The van der Waals surface area contributed by atoms with Crippen molar-refractivity contribution in [1.29, 1.82) is 0 Å². The van der Waals surface area contributed by atoms with E-state index < -0.39 is 23.8 Å². The average Bonchev–Trinajstić information content (AvgIpc) is 3.50. The van der Waals surface area contributed by atoms with Gasteiger partial charge in [-0.05, 0) is 73.2 Å². The van der Waals surface area contributed by atoms with Crippen LogP contribution in [0.25, 0.3) is 5.00 Å². The van der Waals surface area contributed by atoms with Gasteiger partial charge in [0.2, 0.25) is 0 Å². The van der Waals surface area contributed by atoms with Crippen LogP contribution in [0.3, 0.4) is 0 Å². The Kier molecular flexibility index (Phi) is 6.18. The highest BCUT2D eigenvalue weighted by Crippen LogP contribution is 2.44. The summed E-state index contributed by atoms with van der Waals surface area (Å²) in [5.74, 6) is 0.682.